The molecule has 0 aliphatic heterocycles. The van der Waals surface area contributed by atoms with Crippen LogP contribution in [0.5, 0.6) is 0 Å². The fraction of sp³-hybridized carbons (Fsp3) is 0.316. The van der Waals surface area contributed by atoms with E-state index in [0.29, 0.717) is 6.54 Å². The van der Waals surface area contributed by atoms with Gasteiger partial charge < -0.3 is 9.88 Å². The monoisotopic (exact) mass is 386 g/mol. The number of carbonyl (C=O) groups is 1. The van der Waals surface area contributed by atoms with Crippen LogP contribution in [0.25, 0.3) is 10.7 Å². The summed E-state index contributed by atoms with van der Waals surface area (Å²) in [5.74, 6) is 0.885. The minimum absolute atomic E-state index is 0.0225. The molecule has 2 aromatic heterocycles. The second-order valence-electron chi connectivity index (χ2n) is 5.81. The van der Waals surface area contributed by atoms with Crippen LogP contribution in [0, 0.1) is 0 Å². The summed E-state index contributed by atoms with van der Waals surface area (Å²) in [6.45, 7) is 5.37. The number of rotatable bonds is 8. The van der Waals surface area contributed by atoms with E-state index in [-0.39, 0.29) is 11.2 Å². The van der Waals surface area contributed by atoms with Crippen LogP contribution in [0.2, 0.25) is 0 Å². The summed E-state index contributed by atoms with van der Waals surface area (Å²) in [4.78, 5) is 13.5. The molecule has 136 valence electrons. The number of carbonyl (C=O) groups excluding carboxylic acids is 1. The minimum Gasteiger partial charge on any atom is -0.355 e. The molecule has 26 heavy (non-hydrogen) atoms. The first-order chi connectivity index (χ1) is 12.7. The molecule has 2 heterocycles. The predicted molar refractivity (Wildman–Crippen MR) is 107 cm³/mol. The number of aromatic nitrogens is 3. The molecular formula is C19H22N4OS2. The molecule has 1 atom stereocenters. The van der Waals surface area contributed by atoms with Gasteiger partial charge in [0.1, 0.15) is 0 Å². The highest BCUT2D eigenvalue weighted by Gasteiger charge is 2.20. The van der Waals surface area contributed by atoms with E-state index in [4.69, 9.17) is 0 Å². The maximum absolute atomic E-state index is 12.4. The molecule has 0 spiro atoms. The molecule has 0 bridgehead atoms. The molecular weight excluding hydrogens is 364 g/mol. The van der Waals surface area contributed by atoms with E-state index in [1.54, 1.807) is 11.3 Å². The fourth-order valence-corrected chi connectivity index (χ4v) is 4.23. The van der Waals surface area contributed by atoms with Crippen molar-refractivity contribution in [3.05, 3.63) is 53.4 Å². The number of hydrogen-bond donors (Lipinski definition) is 1. The zero-order chi connectivity index (χ0) is 18.4. The van der Waals surface area contributed by atoms with Gasteiger partial charge in [0, 0.05) is 13.1 Å². The topological polar surface area (TPSA) is 59.8 Å². The smallest absolute Gasteiger partial charge is 0.233 e. The average molecular weight is 387 g/mol. The Morgan fingerprint density at radius 1 is 1.23 bits per heavy atom. The van der Waals surface area contributed by atoms with Gasteiger partial charge in [-0.2, -0.15) is 0 Å². The highest BCUT2D eigenvalue weighted by molar-refractivity contribution is 8.00. The molecule has 1 amide bonds. The standard InChI is InChI=1S/C19H22N4OS2/c1-3-23-17(16-10-7-13-25-16)21-22-19(23)26-14(2)18(24)20-12-11-15-8-5-4-6-9-15/h4-10,13-14H,3,11-12H2,1-2H3,(H,20,24). The number of nitrogens with zero attached hydrogens (tertiary/aromatic N) is 3. The number of thioether (sulfide) groups is 1. The van der Waals surface area contributed by atoms with Crippen molar-refractivity contribution in [2.24, 2.45) is 0 Å². The summed E-state index contributed by atoms with van der Waals surface area (Å²) in [7, 11) is 0. The fourth-order valence-electron chi connectivity index (χ4n) is 2.58. The molecule has 1 unspecified atom stereocenters. The Morgan fingerprint density at radius 3 is 2.73 bits per heavy atom. The van der Waals surface area contributed by atoms with Crippen LogP contribution >= 0.6 is 23.1 Å². The highest BCUT2D eigenvalue weighted by Crippen LogP contribution is 2.29. The molecule has 1 aromatic carbocycles. The lowest BCUT2D eigenvalue weighted by Crippen LogP contribution is -2.32. The first-order valence-electron chi connectivity index (χ1n) is 8.64. The van der Waals surface area contributed by atoms with Crippen molar-refractivity contribution >= 4 is 29.0 Å². The van der Waals surface area contributed by atoms with Gasteiger partial charge in [-0.3, -0.25) is 4.79 Å². The Bertz CT molecular complexity index is 831. The van der Waals surface area contributed by atoms with Gasteiger partial charge in [-0.25, -0.2) is 0 Å². The molecule has 0 fully saturated rings. The lowest BCUT2D eigenvalue weighted by Gasteiger charge is -2.12. The summed E-state index contributed by atoms with van der Waals surface area (Å²) >= 11 is 3.09. The molecule has 0 radical (unpaired) electrons. The van der Waals surface area contributed by atoms with Gasteiger partial charge in [0.05, 0.1) is 10.1 Å². The highest BCUT2D eigenvalue weighted by atomic mass is 32.2. The van der Waals surface area contributed by atoms with Crippen LogP contribution < -0.4 is 5.32 Å². The van der Waals surface area contributed by atoms with Crippen molar-refractivity contribution in [3.63, 3.8) is 0 Å². The van der Waals surface area contributed by atoms with E-state index in [0.717, 1.165) is 28.8 Å². The molecule has 0 saturated heterocycles. The molecule has 1 N–H and O–H groups in total. The molecule has 0 saturated carbocycles. The average Bonchev–Trinajstić information content (AvgIpc) is 3.31. The van der Waals surface area contributed by atoms with Gasteiger partial charge in [0.25, 0.3) is 0 Å². The maximum Gasteiger partial charge on any atom is 0.233 e. The van der Waals surface area contributed by atoms with E-state index in [1.807, 2.05) is 42.6 Å². The van der Waals surface area contributed by atoms with E-state index < -0.39 is 0 Å². The quantitative estimate of drug-likeness (QED) is 0.597. The molecule has 5 nitrogen and oxygen atoms in total. The summed E-state index contributed by atoms with van der Waals surface area (Å²) in [5, 5.41) is 14.2. The zero-order valence-corrected chi connectivity index (χ0v) is 16.5. The lowest BCUT2D eigenvalue weighted by atomic mass is 10.1. The third-order valence-electron chi connectivity index (χ3n) is 3.98. The SMILES string of the molecule is CCn1c(SC(C)C(=O)NCCc2ccccc2)nnc1-c1cccs1. The summed E-state index contributed by atoms with van der Waals surface area (Å²) in [6, 6.07) is 14.2. The Morgan fingerprint density at radius 2 is 2.04 bits per heavy atom. The molecule has 7 heteroatoms. The normalized spacial score (nSPS) is 12.1. The third-order valence-corrected chi connectivity index (χ3v) is 5.93. The zero-order valence-electron chi connectivity index (χ0n) is 14.9. The van der Waals surface area contributed by atoms with E-state index in [2.05, 4.69) is 39.1 Å². The van der Waals surface area contributed by atoms with Gasteiger partial charge in [0.15, 0.2) is 11.0 Å². The van der Waals surface area contributed by atoms with Gasteiger partial charge in [-0.15, -0.1) is 21.5 Å². The van der Waals surface area contributed by atoms with Crippen LogP contribution in [0.15, 0.2) is 53.0 Å². The number of hydrogen-bond acceptors (Lipinski definition) is 5. The molecule has 0 aliphatic carbocycles. The maximum atomic E-state index is 12.4. The summed E-state index contributed by atoms with van der Waals surface area (Å²) in [5.41, 5.74) is 1.22. The van der Waals surface area contributed by atoms with E-state index >= 15 is 0 Å². The molecule has 3 rings (SSSR count). The van der Waals surface area contributed by atoms with Crippen molar-refractivity contribution in [2.45, 2.75) is 37.2 Å². The first kappa shape index (κ1) is 18.7. The molecule has 0 aliphatic rings. The Kier molecular flexibility index (Phi) is 6.46. The Balaban J connectivity index is 1.57. The van der Waals surface area contributed by atoms with Crippen molar-refractivity contribution in [3.8, 4) is 10.7 Å². The van der Waals surface area contributed by atoms with Gasteiger partial charge in [0.2, 0.25) is 5.91 Å². The van der Waals surface area contributed by atoms with Crippen LogP contribution in [0.1, 0.15) is 19.4 Å². The van der Waals surface area contributed by atoms with Crippen molar-refractivity contribution in [2.75, 3.05) is 6.54 Å². The Hall–Kier alpha value is -2.12. The first-order valence-corrected chi connectivity index (χ1v) is 10.4. The van der Waals surface area contributed by atoms with Crippen LogP contribution in [0.3, 0.4) is 0 Å². The van der Waals surface area contributed by atoms with Gasteiger partial charge >= 0.3 is 0 Å². The number of nitrogens with one attached hydrogen (secondary N) is 1. The minimum atomic E-state index is -0.226. The summed E-state index contributed by atoms with van der Waals surface area (Å²) < 4.78 is 2.06. The second-order valence-corrected chi connectivity index (χ2v) is 8.07. The number of benzene rings is 1. The van der Waals surface area contributed by atoms with Gasteiger partial charge in [-0.05, 0) is 37.3 Å². The van der Waals surface area contributed by atoms with Crippen LogP contribution in [0.4, 0.5) is 0 Å². The second kappa shape index (κ2) is 9.00. The number of thiophene rings is 1. The number of amides is 1. The van der Waals surface area contributed by atoms with Crippen molar-refractivity contribution in [1.82, 2.24) is 20.1 Å². The van der Waals surface area contributed by atoms with Crippen LogP contribution in [-0.2, 0) is 17.8 Å². The van der Waals surface area contributed by atoms with Crippen molar-refractivity contribution in [1.29, 1.82) is 0 Å². The predicted octanol–water partition coefficient (Wildman–Crippen LogP) is 3.87. The van der Waals surface area contributed by atoms with E-state index in [9.17, 15) is 4.79 Å². The van der Waals surface area contributed by atoms with Gasteiger partial charge in [-0.1, -0.05) is 48.2 Å². The van der Waals surface area contributed by atoms with Crippen molar-refractivity contribution < 1.29 is 4.79 Å². The molecule has 3 aromatic rings. The lowest BCUT2D eigenvalue weighted by molar-refractivity contribution is -0.120. The third kappa shape index (κ3) is 4.53. The van der Waals surface area contributed by atoms with E-state index in [1.165, 1.54) is 17.3 Å². The largest absolute Gasteiger partial charge is 0.355 e. The Labute approximate surface area is 161 Å². The summed E-state index contributed by atoms with van der Waals surface area (Å²) in [6.07, 6.45) is 0.831. The van der Waals surface area contributed by atoms with Crippen LogP contribution in [-0.4, -0.2) is 32.5 Å².